The van der Waals surface area contributed by atoms with Gasteiger partial charge in [0, 0.05) is 56.6 Å². The highest BCUT2D eigenvalue weighted by Gasteiger charge is 2.35. The Hall–Kier alpha value is -0.950. The molecule has 0 aromatic rings. The summed E-state index contributed by atoms with van der Waals surface area (Å²) < 4.78 is 5.76. The zero-order valence-corrected chi connectivity index (χ0v) is 16.4. The molecule has 142 valence electrons. The van der Waals surface area contributed by atoms with Crippen molar-refractivity contribution < 1.29 is 9.53 Å². The lowest BCUT2D eigenvalue weighted by atomic mass is 9.99. The van der Waals surface area contributed by atoms with Crippen LogP contribution in [0.15, 0.2) is 4.99 Å². The zero-order chi connectivity index (χ0) is 17.7. The van der Waals surface area contributed by atoms with Crippen molar-refractivity contribution in [1.29, 1.82) is 0 Å². The van der Waals surface area contributed by atoms with Crippen LogP contribution in [0.3, 0.4) is 0 Å². The molecular formula is C18H32N4O2S. The number of carbonyl (C=O) groups excluding carboxylic acids is 1. The summed E-state index contributed by atoms with van der Waals surface area (Å²) in [5.74, 6) is 1.59. The summed E-state index contributed by atoms with van der Waals surface area (Å²) in [5, 5.41) is 7.07. The summed E-state index contributed by atoms with van der Waals surface area (Å²) in [5.41, 5.74) is 0. The van der Waals surface area contributed by atoms with Crippen LogP contribution in [0.2, 0.25) is 0 Å². The summed E-state index contributed by atoms with van der Waals surface area (Å²) in [6, 6.07) is 0.398. The van der Waals surface area contributed by atoms with Crippen molar-refractivity contribution in [2.45, 2.75) is 49.3 Å². The second-order valence-corrected chi connectivity index (χ2v) is 8.72. The van der Waals surface area contributed by atoms with E-state index >= 15 is 0 Å². The van der Waals surface area contributed by atoms with E-state index in [1.54, 1.807) is 0 Å². The molecule has 2 aliphatic heterocycles. The van der Waals surface area contributed by atoms with E-state index in [2.05, 4.69) is 26.8 Å². The van der Waals surface area contributed by atoms with Gasteiger partial charge in [0.25, 0.3) is 0 Å². The average Bonchev–Trinajstić information content (AvgIpc) is 3.51. The third-order valence-corrected chi connectivity index (χ3v) is 7.13. The van der Waals surface area contributed by atoms with Crippen LogP contribution in [0.4, 0.5) is 0 Å². The van der Waals surface area contributed by atoms with E-state index in [0.29, 0.717) is 17.9 Å². The molecule has 3 aliphatic rings. The largest absolute Gasteiger partial charge is 0.381 e. The Balaban J connectivity index is 1.42. The number of amides is 1. The van der Waals surface area contributed by atoms with E-state index in [-0.39, 0.29) is 4.75 Å². The maximum atomic E-state index is 12.1. The number of piperidine rings is 1. The minimum Gasteiger partial charge on any atom is -0.381 e. The molecule has 7 heteroatoms. The first kappa shape index (κ1) is 18.8. The van der Waals surface area contributed by atoms with Gasteiger partial charge in [0.05, 0.1) is 0 Å². The van der Waals surface area contributed by atoms with Gasteiger partial charge in [0.15, 0.2) is 5.96 Å². The van der Waals surface area contributed by atoms with Gasteiger partial charge in [-0.15, -0.1) is 0 Å². The van der Waals surface area contributed by atoms with Gasteiger partial charge < -0.3 is 20.3 Å². The molecule has 1 amide bonds. The van der Waals surface area contributed by atoms with Crippen LogP contribution in [0, 0.1) is 5.92 Å². The molecule has 0 unspecified atom stereocenters. The monoisotopic (exact) mass is 368 g/mol. The predicted molar refractivity (Wildman–Crippen MR) is 103 cm³/mol. The lowest BCUT2D eigenvalue weighted by Gasteiger charge is -2.37. The highest BCUT2D eigenvalue weighted by molar-refractivity contribution is 8.00. The van der Waals surface area contributed by atoms with Gasteiger partial charge in [-0.05, 0) is 44.8 Å². The molecular weight excluding hydrogens is 336 g/mol. The molecule has 0 aromatic carbocycles. The number of likely N-dealkylation sites (tertiary alicyclic amines) is 1. The Morgan fingerprint density at radius 3 is 2.48 bits per heavy atom. The number of nitrogens with zero attached hydrogens (tertiary/aromatic N) is 2. The fraction of sp³-hybridized carbons (Fsp3) is 0.889. The minimum atomic E-state index is 0.246. The lowest BCUT2D eigenvalue weighted by molar-refractivity contribution is -0.133. The Kier molecular flexibility index (Phi) is 6.49. The van der Waals surface area contributed by atoms with Crippen molar-refractivity contribution in [3.63, 3.8) is 0 Å². The number of hydrogen-bond acceptors (Lipinski definition) is 4. The molecule has 1 saturated carbocycles. The SMILES string of the molecule is CN=C(NCC1(SC)CCOCC1)NC1CCN(C(=O)C2CC2)CC1. The zero-order valence-electron chi connectivity index (χ0n) is 15.6. The highest BCUT2D eigenvalue weighted by atomic mass is 32.2. The second-order valence-electron chi connectivity index (χ2n) is 7.44. The normalized spacial score (nSPS) is 24.9. The summed E-state index contributed by atoms with van der Waals surface area (Å²) in [6.45, 7) is 4.35. The van der Waals surface area contributed by atoms with Crippen molar-refractivity contribution in [3.8, 4) is 0 Å². The van der Waals surface area contributed by atoms with Gasteiger partial charge >= 0.3 is 0 Å². The first-order valence-corrected chi connectivity index (χ1v) is 10.8. The number of ether oxygens (including phenoxy) is 1. The summed E-state index contributed by atoms with van der Waals surface area (Å²) in [6.07, 6.45) is 8.54. The fourth-order valence-electron chi connectivity index (χ4n) is 3.66. The molecule has 0 bridgehead atoms. The van der Waals surface area contributed by atoms with E-state index in [1.165, 1.54) is 0 Å². The van der Waals surface area contributed by atoms with Crippen LogP contribution >= 0.6 is 11.8 Å². The first-order valence-electron chi connectivity index (χ1n) is 9.55. The van der Waals surface area contributed by atoms with Crippen LogP contribution in [0.25, 0.3) is 0 Å². The van der Waals surface area contributed by atoms with Crippen LogP contribution in [0.5, 0.6) is 0 Å². The first-order chi connectivity index (χ1) is 12.2. The number of guanidine groups is 1. The molecule has 0 spiro atoms. The van der Waals surface area contributed by atoms with Crippen molar-refractivity contribution >= 4 is 23.6 Å². The molecule has 3 fully saturated rings. The van der Waals surface area contributed by atoms with Crippen molar-refractivity contribution in [2.24, 2.45) is 10.9 Å². The number of nitrogens with one attached hydrogen (secondary N) is 2. The molecule has 25 heavy (non-hydrogen) atoms. The third-order valence-electron chi connectivity index (χ3n) is 5.71. The van der Waals surface area contributed by atoms with Crippen molar-refractivity contribution in [2.75, 3.05) is 46.2 Å². The molecule has 0 atom stereocenters. The number of rotatable bonds is 5. The molecule has 6 nitrogen and oxygen atoms in total. The van der Waals surface area contributed by atoms with Crippen LogP contribution in [-0.4, -0.2) is 73.7 Å². The van der Waals surface area contributed by atoms with Gasteiger partial charge in [-0.3, -0.25) is 9.79 Å². The Morgan fingerprint density at radius 2 is 1.92 bits per heavy atom. The van der Waals surface area contributed by atoms with Gasteiger partial charge in [-0.25, -0.2) is 0 Å². The molecule has 0 radical (unpaired) electrons. The van der Waals surface area contributed by atoms with Crippen molar-refractivity contribution in [1.82, 2.24) is 15.5 Å². The topological polar surface area (TPSA) is 66.0 Å². The number of carbonyl (C=O) groups is 1. The van der Waals surface area contributed by atoms with Crippen molar-refractivity contribution in [3.05, 3.63) is 0 Å². The van der Waals surface area contributed by atoms with E-state index in [9.17, 15) is 4.79 Å². The van der Waals surface area contributed by atoms with Crippen LogP contribution in [0.1, 0.15) is 38.5 Å². The van der Waals surface area contributed by atoms with Crippen LogP contribution < -0.4 is 10.6 Å². The Bertz CT molecular complexity index is 481. The van der Waals surface area contributed by atoms with E-state index in [1.807, 2.05) is 18.8 Å². The van der Waals surface area contributed by atoms with E-state index < -0.39 is 0 Å². The number of thioether (sulfide) groups is 1. The highest BCUT2D eigenvalue weighted by Crippen LogP contribution is 2.33. The lowest BCUT2D eigenvalue weighted by Crippen LogP contribution is -2.52. The van der Waals surface area contributed by atoms with E-state index in [0.717, 1.165) is 77.3 Å². The number of hydrogen-bond donors (Lipinski definition) is 2. The maximum Gasteiger partial charge on any atom is 0.225 e. The standard InChI is InChI=1S/C18H32N4O2S/c1-19-17(20-13-18(25-2)7-11-24-12-8-18)21-15-5-9-22(10-6-15)16(23)14-3-4-14/h14-15H,3-13H2,1-2H3,(H2,19,20,21). The third kappa shape index (κ3) is 5.03. The summed E-state index contributed by atoms with van der Waals surface area (Å²) in [4.78, 5) is 18.6. The van der Waals surface area contributed by atoms with Crippen LogP contribution in [-0.2, 0) is 9.53 Å². The molecule has 2 saturated heterocycles. The summed E-state index contributed by atoms with van der Waals surface area (Å²) in [7, 11) is 1.83. The van der Waals surface area contributed by atoms with Gasteiger partial charge in [-0.2, -0.15) is 11.8 Å². The fourth-order valence-corrected chi connectivity index (χ4v) is 4.45. The maximum absolute atomic E-state index is 12.1. The minimum absolute atomic E-state index is 0.246. The van der Waals surface area contributed by atoms with Gasteiger partial charge in [-0.1, -0.05) is 0 Å². The van der Waals surface area contributed by atoms with Gasteiger partial charge in [0.2, 0.25) is 5.91 Å². The second kappa shape index (κ2) is 8.62. The number of aliphatic imine (C=N–C) groups is 1. The van der Waals surface area contributed by atoms with Gasteiger partial charge in [0.1, 0.15) is 0 Å². The predicted octanol–water partition coefficient (Wildman–Crippen LogP) is 1.46. The Morgan fingerprint density at radius 1 is 1.24 bits per heavy atom. The summed E-state index contributed by atoms with van der Waals surface area (Å²) >= 11 is 1.93. The molecule has 2 heterocycles. The molecule has 1 aliphatic carbocycles. The quantitative estimate of drug-likeness (QED) is 0.568. The van der Waals surface area contributed by atoms with E-state index in [4.69, 9.17) is 4.74 Å². The molecule has 2 N–H and O–H groups in total. The Labute approximate surface area is 155 Å². The molecule has 0 aromatic heterocycles. The molecule has 3 rings (SSSR count). The average molecular weight is 369 g/mol. The smallest absolute Gasteiger partial charge is 0.225 e.